The van der Waals surface area contributed by atoms with Crippen molar-refractivity contribution in [2.24, 2.45) is 0 Å². The summed E-state index contributed by atoms with van der Waals surface area (Å²) in [5.41, 5.74) is 4.16. The molecule has 1 aliphatic rings. The van der Waals surface area contributed by atoms with Gasteiger partial charge in [0, 0.05) is 39.1 Å². The minimum Gasteiger partial charge on any atom is -0.473 e. The van der Waals surface area contributed by atoms with E-state index in [1.807, 2.05) is 0 Å². The van der Waals surface area contributed by atoms with Gasteiger partial charge in [-0.3, -0.25) is 14.5 Å². The maximum absolute atomic E-state index is 11.3. The van der Waals surface area contributed by atoms with Crippen molar-refractivity contribution in [1.82, 2.24) is 9.88 Å². The fourth-order valence-corrected chi connectivity index (χ4v) is 2.17. The molecule has 0 spiro atoms. The van der Waals surface area contributed by atoms with Crippen molar-refractivity contribution in [3.8, 4) is 5.88 Å². The van der Waals surface area contributed by atoms with E-state index < -0.39 is 49.5 Å². The van der Waals surface area contributed by atoms with E-state index >= 15 is 0 Å². The Morgan fingerprint density at radius 3 is 2.85 bits per heavy atom. The zero-order valence-corrected chi connectivity index (χ0v) is 13.7. The lowest BCUT2D eigenvalue weighted by Gasteiger charge is -2.26. The van der Waals surface area contributed by atoms with Crippen molar-refractivity contribution in [2.75, 3.05) is 37.2 Å². The van der Waals surface area contributed by atoms with Crippen molar-refractivity contribution < 1.29 is 18.4 Å². The van der Waals surface area contributed by atoms with Crippen molar-refractivity contribution in [3.63, 3.8) is 0 Å². The van der Waals surface area contributed by atoms with Gasteiger partial charge in [-0.05, 0) is 43.4 Å². The summed E-state index contributed by atoms with van der Waals surface area (Å²) >= 11 is 0. The predicted molar refractivity (Wildman–Crippen MR) is 102 cm³/mol. The molecule has 0 unspecified atom stereocenters. The number of ether oxygens (including phenoxy) is 1. The molecule has 0 bridgehead atoms. The zero-order valence-electron chi connectivity index (χ0n) is 23.7. The van der Waals surface area contributed by atoms with Gasteiger partial charge in [-0.15, -0.1) is 0 Å². The molecule has 26 heavy (non-hydrogen) atoms. The first-order valence-electron chi connectivity index (χ1n) is 12.7. The van der Waals surface area contributed by atoms with Crippen molar-refractivity contribution >= 4 is 11.4 Å². The van der Waals surface area contributed by atoms with E-state index in [1.165, 1.54) is 18.3 Å². The van der Waals surface area contributed by atoms with E-state index in [2.05, 4.69) is 10.3 Å². The van der Waals surface area contributed by atoms with Crippen LogP contribution >= 0.6 is 0 Å². The third-order valence-electron chi connectivity index (χ3n) is 3.48. The highest BCUT2D eigenvalue weighted by molar-refractivity contribution is 5.71. The Morgan fingerprint density at radius 2 is 2.08 bits per heavy atom. The third-order valence-corrected chi connectivity index (χ3v) is 3.48. The van der Waals surface area contributed by atoms with Gasteiger partial charge in [0.05, 0.1) is 0 Å². The number of pyridine rings is 1. The molecule has 0 saturated carbocycles. The number of nitrogen functional groups attached to an aromatic ring is 1. The van der Waals surface area contributed by atoms with Crippen LogP contribution in [0, 0.1) is 0 Å². The molecule has 0 atom stereocenters. The second-order valence-corrected chi connectivity index (χ2v) is 5.30. The highest BCUT2D eigenvalue weighted by Gasteiger charge is 2.16. The Labute approximate surface area is 166 Å². The van der Waals surface area contributed by atoms with E-state index in [0.29, 0.717) is 4.90 Å². The summed E-state index contributed by atoms with van der Waals surface area (Å²) in [4.78, 5) is 26.7. The number of nitrogens with two attached hydrogens (primary N) is 1. The van der Waals surface area contributed by atoms with Crippen molar-refractivity contribution in [2.45, 2.75) is 25.7 Å². The summed E-state index contributed by atoms with van der Waals surface area (Å²) in [6.07, 6.45) is -5.77. The fourth-order valence-electron chi connectivity index (χ4n) is 2.17. The average Bonchev–Trinajstić information content (AvgIpc) is 2.80. The normalized spacial score (nSPS) is 30.9. The number of nitrogens with one attached hydrogen (secondary N) is 1. The van der Waals surface area contributed by atoms with Gasteiger partial charge in [0.25, 0.3) is 10.9 Å². The summed E-state index contributed by atoms with van der Waals surface area (Å²) in [6, 6.07) is 2.74. The van der Waals surface area contributed by atoms with Crippen LogP contribution in [0.4, 0.5) is 11.4 Å². The molecule has 1 aliphatic heterocycles. The summed E-state index contributed by atoms with van der Waals surface area (Å²) in [6.45, 7) is -6.80. The SMILES string of the molecule is [2H]C1([2H])N(Cc2ccnc(OC/C=C\CNc3c(N)c(=O)c3=O)c2)C([2H])([2H])C([2H])([2H])C([2H])([2H])C1([2H])[2H]. The number of aromatic nitrogens is 1. The number of piperidine rings is 1. The van der Waals surface area contributed by atoms with Gasteiger partial charge in [-0.25, -0.2) is 4.98 Å². The zero-order chi connectivity index (χ0) is 27.3. The molecule has 7 nitrogen and oxygen atoms in total. The van der Waals surface area contributed by atoms with E-state index in [1.54, 1.807) is 12.2 Å². The minimum absolute atomic E-state index is 0.0240. The largest absolute Gasteiger partial charge is 0.473 e. The van der Waals surface area contributed by atoms with Crippen LogP contribution in [0.1, 0.15) is 38.4 Å². The molecule has 1 aromatic carbocycles. The quantitative estimate of drug-likeness (QED) is 0.537. The lowest BCUT2D eigenvalue weighted by molar-refractivity contribution is 0.220. The van der Waals surface area contributed by atoms with Crippen LogP contribution in [-0.4, -0.2) is 36.0 Å². The number of nitrogens with zero attached hydrogens (tertiary/aromatic N) is 2. The first kappa shape index (κ1) is 9.32. The van der Waals surface area contributed by atoms with Crippen LogP contribution in [0.3, 0.4) is 0 Å². The second kappa shape index (κ2) is 8.62. The summed E-state index contributed by atoms with van der Waals surface area (Å²) in [7, 11) is 0. The molecule has 138 valence electrons. The van der Waals surface area contributed by atoms with Crippen molar-refractivity contribution in [1.29, 1.82) is 0 Å². The lowest BCUT2D eigenvalue weighted by atomic mass is 10.1. The molecule has 3 N–H and O–H groups in total. The standard InChI is InChI=1S/C19H24N4O3/c20-16-17(19(25)18(16)24)22-7-2-5-11-26-15-12-14(6-8-21-15)13-23-9-3-1-4-10-23/h2,5-6,8,12,22H,1,3-4,7,9-11,13,20H2/b5-2-/i1D2,3D2,4D2,9D2,10D2. The molecule has 2 aromatic rings. The van der Waals surface area contributed by atoms with E-state index in [9.17, 15) is 9.59 Å². The van der Waals surface area contributed by atoms with E-state index in [4.69, 9.17) is 24.2 Å². The maximum Gasteiger partial charge on any atom is 0.253 e. The molecule has 0 radical (unpaired) electrons. The highest BCUT2D eigenvalue weighted by atomic mass is 16.5. The van der Waals surface area contributed by atoms with Crippen LogP contribution in [0.25, 0.3) is 0 Å². The number of hydrogen-bond donors (Lipinski definition) is 2. The summed E-state index contributed by atoms with van der Waals surface area (Å²) in [5.74, 6) is 0.0660. The second-order valence-electron chi connectivity index (χ2n) is 5.30. The molecule has 1 saturated heterocycles. The summed E-state index contributed by atoms with van der Waals surface area (Å²) < 4.78 is 86.0. The van der Waals surface area contributed by atoms with Gasteiger partial charge in [0.2, 0.25) is 5.88 Å². The fraction of sp³-hybridized carbons (Fsp3) is 0.421. The molecule has 7 heteroatoms. The molecule has 2 heterocycles. The van der Waals surface area contributed by atoms with Gasteiger partial charge < -0.3 is 15.8 Å². The molecular weight excluding hydrogens is 332 g/mol. The summed E-state index contributed by atoms with van der Waals surface area (Å²) in [5, 5.41) is 2.70. The van der Waals surface area contributed by atoms with Gasteiger partial charge >= 0.3 is 0 Å². The van der Waals surface area contributed by atoms with Crippen LogP contribution in [0.2, 0.25) is 0 Å². The van der Waals surface area contributed by atoms with Crippen LogP contribution < -0.4 is 26.6 Å². The topological polar surface area (TPSA) is 97.5 Å². The number of likely N-dealkylation sites (tertiary alicyclic amines) is 1. The first-order valence-corrected chi connectivity index (χ1v) is 7.74. The van der Waals surface area contributed by atoms with Gasteiger partial charge in [-0.2, -0.15) is 0 Å². The highest BCUT2D eigenvalue weighted by Crippen LogP contribution is 2.15. The predicted octanol–water partition coefficient (Wildman–Crippen LogP) is 1.29. The van der Waals surface area contributed by atoms with Crippen molar-refractivity contribution in [3.05, 3.63) is 56.5 Å². The molecule has 0 aliphatic carbocycles. The Balaban J connectivity index is 1.69. The number of anilines is 2. The Bertz CT molecular complexity index is 1210. The first-order chi connectivity index (χ1) is 16.4. The third kappa shape index (κ3) is 4.49. The molecule has 1 fully saturated rings. The van der Waals surface area contributed by atoms with E-state index in [0.717, 1.165) is 0 Å². The molecular formula is C19H24N4O3. The monoisotopic (exact) mass is 366 g/mol. The molecule has 3 rings (SSSR count). The number of hydrogen-bond acceptors (Lipinski definition) is 7. The molecule has 0 amide bonds. The number of rotatable bonds is 8. The molecule has 1 aromatic heterocycles. The van der Waals surface area contributed by atoms with Crippen LogP contribution in [0.15, 0.2) is 40.1 Å². The van der Waals surface area contributed by atoms with Crippen LogP contribution in [0.5, 0.6) is 5.88 Å². The minimum atomic E-state index is -3.47. The van der Waals surface area contributed by atoms with Crippen LogP contribution in [-0.2, 0) is 6.54 Å². The Hall–Kier alpha value is -2.67. The van der Waals surface area contributed by atoms with Gasteiger partial charge in [0.1, 0.15) is 18.0 Å². The smallest absolute Gasteiger partial charge is 0.253 e. The lowest BCUT2D eigenvalue weighted by Crippen LogP contribution is -2.37. The van der Waals surface area contributed by atoms with Gasteiger partial charge in [-0.1, -0.05) is 12.4 Å². The maximum atomic E-state index is 11.3. The van der Waals surface area contributed by atoms with Gasteiger partial charge in [0.15, 0.2) is 0 Å². The average molecular weight is 366 g/mol. The Morgan fingerprint density at radius 1 is 1.27 bits per heavy atom. The van der Waals surface area contributed by atoms with E-state index in [-0.39, 0.29) is 36.0 Å². The Kier molecular flexibility index (Phi) is 3.09.